The van der Waals surface area contributed by atoms with Gasteiger partial charge in [0, 0.05) is 6.20 Å². The summed E-state index contributed by atoms with van der Waals surface area (Å²) in [5, 5.41) is 0. The van der Waals surface area contributed by atoms with Crippen LogP contribution in [0.25, 0.3) is 0 Å². The monoisotopic (exact) mass is 404 g/mol. The second-order valence-electron chi connectivity index (χ2n) is 6.77. The molecular formula is C19H24N4O4S. The standard InChI is InChI=1S/C19H24N4O4S/c1-13(2)12-17(23-28(26,27)15-9-7-14(3)8-10-15)19(25)22-21-18(24)16-6-4-5-11-20-16/h4-11,13,17,23H,12H2,1-3H3,(H,21,24)(H,22,25)/t17-/m0/s1. The van der Waals surface area contributed by atoms with Gasteiger partial charge in [-0.15, -0.1) is 0 Å². The molecule has 150 valence electrons. The van der Waals surface area contributed by atoms with E-state index >= 15 is 0 Å². The zero-order valence-corrected chi connectivity index (χ0v) is 16.8. The molecule has 0 fully saturated rings. The summed E-state index contributed by atoms with van der Waals surface area (Å²) in [5.41, 5.74) is 5.57. The third-order valence-electron chi connectivity index (χ3n) is 3.85. The first-order valence-electron chi connectivity index (χ1n) is 8.79. The molecule has 8 nitrogen and oxygen atoms in total. The van der Waals surface area contributed by atoms with Gasteiger partial charge in [-0.25, -0.2) is 8.42 Å². The van der Waals surface area contributed by atoms with Crippen LogP contribution in [-0.4, -0.2) is 31.3 Å². The van der Waals surface area contributed by atoms with Gasteiger partial charge in [-0.3, -0.25) is 25.4 Å². The molecule has 28 heavy (non-hydrogen) atoms. The highest BCUT2D eigenvalue weighted by Crippen LogP contribution is 2.13. The summed E-state index contributed by atoms with van der Waals surface area (Å²) in [7, 11) is -3.89. The fourth-order valence-corrected chi connectivity index (χ4v) is 3.63. The molecule has 1 aromatic carbocycles. The van der Waals surface area contributed by atoms with Gasteiger partial charge in [0.1, 0.15) is 11.7 Å². The molecule has 0 unspecified atom stereocenters. The van der Waals surface area contributed by atoms with Gasteiger partial charge in [0.05, 0.1) is 4.90 Å². The van der Waals surface area contributed by atoms with Crippen molar-refractivity contribution in [1.29, 1.82) is 0 Å². The predicted molar refractivity (Wildman–Crippen MR) is 105 cm³/mol. The molecule has 1 aromatic heterocycles. The van der Waals surface area contributed by atoms with Gasteiger partial charge in [-0.1, -0.05) is 37.6 Å². The average molecular weight is 404 g/mol. The van der Waals surface area contributed by atoms with Crippen LogP contribution in [0.1, 0.15) is 36.3 Å². The molecule has 2 amide bonds. The first-order chi connectivity index (χ1) is 13.2. The number of hydrazine groups is 1. The van der Waals surface area contributed by atoms with Crippen molar-refractivity contribution in [1.82, 2.24) is 20.6 Å². The van der Waals surface area contributed by atoms with Crippen molar-refractivity contribution < 1.29 is 18.0 Å². The van der Waals surface area contributed by atoms with Crippen molar-refractivity contribution in [3.05, 3.63) is 59.9 Å². The topological polar surface area (TPSA) is 117 Å². The van der Waals surface area contributed by atoms with Crippen LogP contribution in [0.4, 0.5) is 0 Å². The Balaban J connectivity index is 2.08. The van der Waals surface area contributed by atoms with Crippen LogP contribution in [0.5, 0.6) is 0 Å². The van der Waals surface area contributed by atoms with E-state index in [-0.39, 0.29) is 22.9 Å². The van der Waals surface area contributed by atoms with E-state index < -0.39 is 27.9 Å². The molecule has 0 aliphatic carbocycles. The van der Waals surface area contributed by atoms with E-state index in [9.17, 15) is 18.0 Å². The molecule has 0 spiro atoms. The molecule has 2 aromatic rings. The lowest BCUT2D eigenvalue weighted by Gasteiger charge is -2.20. The van der Waals surface area contributed by atoms with Gasteiger partial charge in [0.15, 0.2) is 0 Å². The lowest BCUT2D eigenvalue weighted by atomic mass is 10.0. The first-order valence-corrected chi connectivity index (χ1v) is 10.3. The van der Waals surface area contributed by atoms with E-state index in [0.717, 1.165) is 5.56 Å². The van der Waals surface area contributed by atoms with Crippen LogP contribution >= 0.6 is 0 Å². The molecular weight excluding hydrogens is 380 g/mol. The number of benzene rings is 1. The van der Waals surface area contributed by atoms with Gasteiger partial charge in [-0.2, -0.15) is 4.72 Å². The van der Waals surface area contributed by atoms with Crippen molar-refractivity contribution in [2.24, 2.45) is 5.92 Å². The number of pyridine rings is 1. The molecule has 3 N–H and O–H groups in total. The second-order valence-corrected chi connectivity index (χ2v) is 8.49. The first kappa shape index (κ1) is 21.5. The fourth-order valence-electron chi connectivity index (χ4n) is 2.42. The van der Waals surface area contributed by atoms with Gasteiger partial charge >= 0.3 is 0 Å². The van der Waals surface area contributed by atoms with Crippen molar-refractivity contribution in [3.63, 3.8) is 0 Å². The second kappa shape index (κ2) is 9.43. The normalized spacial score (nSPS) is 12.4. The maximum absolute atomic E-state index is 12.6. The Labute approximate surface area is 164 Å². The Morgan fingerprint density at radius 2 is 1.71 bits per heavy atom. The van der Waals surface area contributed by atoms with Crippen molar-refractivity contribution in [2.45, 2.75) is 38.1 Å². The number of carbonyl (C=O) groups is 2. The van der Waals surface area contributed by atoms with E-state index in [1.807, 2.05) is 20.8 Å². The summed E-state index contributed by atoms with van der Waals surface area (Å²) in [6, 6.07) is 10.1. The maximum Gasteiger partial charge on any atom is 0.288 e. The van der Waals surface area contributed by atoms with Gasteiger partial charge in [0.25, 0.3) is 11.8 Å². The van der Waals surface area contributed by atoms with E-state index in [1.165, 1.54) is 24.4 Å². The predicted octanol–water partition coefficient (Wildman–Crippen LogP) is 1.54. The highest BCUT2D eigenvalue weighted by Gasteiger charge is 2.27. The molecule has 0 aliphatic rings. The molecule has 0 aliphatic heterocycles. The van der Waals surface area contributed by atoms with E-state index in [4.69, 9.17) is 0 Å². The van der Waals surface area contributed by atoms with Crippen LogP contribution < -0.4 is 15.6 Å². The van der Waals surface area contributed by atoms with Crippen LogP contribution in [0.15, 0.2) is 53.6 Å². The molecule has 0 bridgehead atoms. The minimum atomic E-state index is -3.89. The minimum absolute atomic E-state index is 0.0444. The summed E-state index contributed by atoms with van der Waals surface area (Å²) in [4.78, 5) is 28.5. The number of hydrogen-bond donors (Lipinski definition) is 3. The number of sulfonamides is 1. The largest absolute Gasteiger partial charge is 0.288 e. The molecule has 2 rings (SSSR count). The Hall–Kier alpha value is -2.78. The zero-order chi connectivity index (χ0) is 20.7. The number of nitrogens with zero attached hydrogens (tertiary/aromatic N) is 1. The molecule has 1 heterocycles. The van der Waals surface area contributed by atoms with E-state index in [2.05, 4.69) is 20.6 Å². The Morgan fingerprint density at radius 1 is 1.04 bits per heavy atom. The molecule has 1 atom stereocenters. The lowest BCUT2D eigenvalue weighted by Crippen LogP contribution is -2.52. The lowest BCUT2D eigenvalue weighted by molar-refractivity contribution is -0.123. The highest BCUT2D eigenvalue weighted by molar-refractivity contribution is 7.89. The number of carbonyl (C=O) groups excluding carboxylic acids is 2. The average Bonchev–Trinajstić information content (AvgIpc) is 2.65. The highest BCUT2D eigenvalue weighted by atomic mass is 32.2. The quantitative estimate of drug-likeness (QED) is 0.605. The molecule has 9 heteroatoms. The number of aromatic nitrogens is 1. The molecule has 0 radical (unpaired) electrons. The Morgan fingerprint density at radius 3 is 2.29 bits per heavy atom. The summed E-state index contributed by atoms with van der Waals surface area (Å²) < 4.78 is 27.6. The summed E-state index contributed by atoms with van der Waals surface area (Å²) in [6.45, 7) is 5.59. The van der Waals surface area contributed by atoms with Gasteiger partial charge in [0.2, 0.25) is 10.0 Å². The number of amides is 2. The van der Waals surface area contributed by atoms with Crippen LogP contribution in [0, 0.1) is 12.8 Å². The SMILES string of the molecule is Cc1ccc(S(=O)(=O)N[C@@H](CC(C)C)C(=O)NNC(=O)c2ccccn2)cc1. The minimum Gasteiger partial charge on any atom is -0.271 e. The van der Waals surface area contributed by atoms with Crippen LogP contribution in [0.2, 0.25) is 0 Å². The zero-order valence-electron chi connectivity index (χ0n) is 16.0. The molecule has 0 saturated heterocycles. The number of rotatable bonds is 7. The van der Waals surface area contributed by atoms with Crippen molar-refractivity contribution >= 4 is 21.8 Å². The third-order valence-corrected chi connectivity index (χ3v) is 5.34. The van der Waals surface area contributed by atoms with Crippen LogP contribution in [-0.2, 0) is 14.8 Å². The van der Waals surface area contributed by atoms with Gasteiger partial charge in [-0.05, 0) is 43.5 Å². The van der Waals surface area contributed by atoms with Crippen molar-refractivity contribution in [3.8, 4) is 0 Å². The summed E-state index contributed by atoms with van der Waals surface area (Å²) in [5.74, 6) is -1.21. The van der Waals surface area contributed by atoms with Crippen molar-refractivity contribution in [2.75, 3.05) is 0 Å². The van der Waals surface area contributed by atoms with E-state index in [1.54, 1.807) is 24.3 Å². The number of hydrogen-bond acceptors (Lipinski definition) is 5. The van der Waals surface area contributed by atoms with Gasteiger partial charge < -0.3 is 0 Å². The molecule has 0 saturated carbocycles. The fraction of sp³-hybridized carbons (Fsp3) is 0.316. The maximum atomic E-state index is 12.6. The van der Waals surface area contributed by atoms with E-state index in [0.29, 0.717) is 0 Å². The smallest absolute Gasteiger partial charge is 0.271 e. The number of nitrogens with one attached hydrogen (secondary N) is 3. The number of aryl methyl sites for hydroxylation is 1. The third kappa shape index (κ3) is 6.14. The Bertz CT molecular complexity index is 913. The summed E-state index contributed by atoms with van der Waals surface area (Å²) >= 11 is 0. The summed E-state index contributed by atoms with van der Waals surface area (Å²) in [6.07, 6.45) is 1.71. The Kier molecular flexibility index (Phi) is 7.24. The van der Waals surface area contributed by atoms with Crippen LogP contribution in [0.3, 0.4) is 0 Å².